The summed E-state index contributed by atoms with van der Waals surface area (Å²) in [5.41, 5.74) is 3.05. The van der Waals surface area contributed by atoms with Crippen LogP contribution in [0.3, 0.4) is 0 Å². The van der Waals surface area contributed by atoms with Crippen LogP contribution in [0.5, 0.6) is 0 Å². The molecule has 1 heterocycles. The zero-order chi connectivity index (χ0) is 17.9. The largest absolute Gasteiger partial charge is 0.301 e. The summed E-state index contributed by atoms with van der Waals surface area (Å²) in [6, 6.07) is 9.52. The molecule has 1 unspecified atom stereocenters. The third-order valence-electron chi connectivity index (χ3n) is 5.68. The number of nitrogens with zero attached hydrogens (tertiary/aromatic N) is 3. The first-order chi connectivity index (χ1) is 12.0. The fraction of sp³-hybridized carbons (Fsp3) is 0.684. The highest BCUT2D eigenvalue weighted by molar-refractivity contribution is 7.89. The van der Waals surface area contributed by atoms with Crippen LogP contribution >= 0.6 is 0 Å². The van der Waals surface area contributed by atoms with Crippen molar-refractivity contribution in [3.05, 3.63) is 35.4 Å². The molecule has 6 heteroatoms. The number of aryl methyl sites for hydroxylation is 1. The van der Waals surface area contributed by atoms with Crippen LogP contribution in [0, 0.1) is 0 Å². The second-order valence-electron chi connectivity index (χ2n) is 7.49. The minimum Gasteiger partial charge on any atom is -0.301 e. The maximum absolute atomic E-state index is 11.8. The third-order valence-corrected chi connectivity index (χ3v) is 7.59. The summed E-state index contributed by atoms with van der Waals surface area (Å²) in [6.07, 6.45) is 4.36. The Morgan fingerprint density at radius 3 is 2.44 bits per heavy atom. The van der Waals surface area contributed by atoms with E-state index in [4.69, 9.17) is 0 Å². The number of fused-ring (bicyclic) bond motifs is 1. The fourth-order valence-electron chi connectivity index (χ4n) is 4.00. The zero-order valence-electron chi connectivity index (χ0n) is 15.5. The molecular formula is C19H31N3O2S. The molecule has 3 rings (SSSR count). The van der Waals surface area contributed by atoms with Gasteiger partial charge in [-0.15, -0.1) is 0 Å². The Bertz CT molecular complexity index is 667. The van der Waals surface area contributed by atoms with E-state index < -0.39 is 10.0 Å². The Morgan fingerprint density at radius 1 is 1.08 bits per heavy atom. The van der Waals surface area contributed by atoms with Gasteiger partial charge in [0.2, 0.25) is 10.0 Å². The normalized spacial score (nSPS) is 22.9. The number of piperazine rings is 1. The average Bonchev–Trinajstić information content (AvgIpc) is 2.61. The first-order valence-electron chi connectivity index (χ1n) is 9.39. The minimum atomic E-state index is -3.06. The van der Waals surface area contributed by atoms with Crippen molar-refractivity contribution in [2.24, 2.45) is 0 Å². The van der Waals surface area contributed by atoms with Crippen molar-refractivity contribution in [2.75, 3.05) is 52.6 Å². The SMILES string of the molecule is CN(C)S(=O)(=O)CCCN1CCN(C2CCc3ccccc3C2)CC1. The molecule has 0 aromatic heterocycles. The lowest BCUT2D eigenvalue weighted by Crippen LogP contribution is -2.51. The molecule has 5 nitrogen and oxygen atoms in total. The maximum Gasteiger partial charge on any atom is 0.213 e. The number of sulfonamides is 1. The molecule has 0 N–H and O–H groups in total. The van der Waals surface area contributed by atoms with E-state index in [1.54, 1.807) is 14.1 Å². The van der Waals surface area contributed by atoms with Crippen molar-refractivity contribution < 1.29 is 8.42 Å². The summed E-state index contributed by atoms with van der Waals surface area (Å²) < 4.78 is 25.0. The molecule has 0 radical (unpaired) electrons. The van der Waals surface area contributed by atoms with E-state index in [1.807, 2.05) is 0 Å². The molecule has 1 saturated heterocycles. The lowest BCUT2D eigenvalue weighted by Gasteiger charge is -2.41. The first-order valence-corrected chi connectivity index (χ1v) is 11.0. The topological polar surface area (TPSA) is 43.9 Å². The monoisotopic (exact) mass is 365 g/mol. The third kappa shape index (κ3) is 4.82. The van der Waals surface area contributed by atoms with Gasteiger partial charge in [0, 0.05) is 46.3 Å². The van der Waals surface area contributed by atoms with Crippen LogP contribution < -0.4 is 0 Å². The molecule has 1 aromatic carbocycles. The van der Waals surface area contributed by atoms with Gasteiger partial charge < -0.3 is 4.90 Å². The van der Waals surface area contributed by atoms with Crippen molar-refractivity contribution in [3.8, 4) is 0 Å². The smallest absolute Gasteiger partial charge is 0.213 e. The Hall–Kier alpha value is -0.950. The van der Waals surface area contributed by atoms with Gasteiger partial charge in [0.05, 0.1) is 5.75 Å². The highest BCUT2D eigenvalue weighted by Gasteiger charge is 2.27. The van der Waals surface area contributed by atoms with Crippen LogP contribution in [0.15, 0.2) is 24.3 Å². The van der Waals surface area contributed by atoms with Gasteiger partial charge in [-0.05, 0) is 43.4 Å². The van der Waals surface area contributed by atoms with Gasteiger partial charge in [0.1, 0.15) is 0 Å². The highest BCUT2D eigenvalue weighted by Crippen LogP contribution is 2.25. The molecule has 1 aromatic rings. The van der Waals surface area contributed by atoms with E-state index in [0.29, 0.717) is 6.04 Å². The van der Waals surface area contributed by atoms with E-state index in [2.05, 4.69) is 34.1 Å². The number of hydrogen-bond donors (Lipinski definition) is 0. The molecular weight excluding hydrogens is 334 g/mol. The quantitative estimate of drug-likeness (QED) is 0.765. The van der Waals surface area contributed by atoms with E-state index in [-0.39, 0.29) is 5.75 Å². The molecule has 0 bridgehead atoms. The lowest BCUT2D eigenvalue weighted by atomic mass is 9.87. The molecule has 2 aliphatic rings. The molecule has 0 amide bonds. The van der Waals surface area contributed by atoms with E-state index in [1.165, 1.54) is 34.7 Å². The predicted molar refractivity (Wildman–Crippen MR) is 102 cm³/mol. The van der Waals surface area contributed by atoms with Gasteiger partial charge in [-0.3, -0.25) is 4.90 Å². The highest BCUT2D eigenvalue weighted by atomic mass is 32.2. The Morgan fingerprint density at radius 2 is 1.76 bits per heavy atom. The fourth-order valence-corrected chi connectivity index (χ4v) is 4.85. The van der Waals surface area contributed by atoms with Crippen LogP contribution in [0.4, 0.5) is 0 Å². The van der Waals surface area contributed by atoms with Crippen LogP contribution in [0.25, 0.3) is 0 Å². The number of rotatable bonds is 6. The molecule has 0 spiro atoms. The zero-order valence-corrected chi connectivity index (χ0v) is 16.3. The molecule has 1 aliphatic carbocycles. The minimum absolute atomic E-state index is 0.250. The van der Waals surface area contributed by atoms with E-state index in [0.717, 1.165) is 39.1 Å². The molecule has 1 fully saturated rings. The summed E-state index contributed by atoms with van der Waals surface area (Å²) in [5.74, 6) is 0.250. The molecule has 140 valence electrons. The molecule has 0 saturated carbocycles. The molecule has 1 atom stereocenters. The van der Waals surface area contributed by atoms with Crippen LogP contribution in [0.1, 0.15) is 24.0 Å². The maximum atomic E-state index is 11.8. The van der Waals surface area contributed by atoms with E-state index >= 15 is 0 Å². The Labute approximate surface area is 152 Å². The summed E-state index contributed by atoms with van der Waals surface area (Å²) in [7, 11) is 0.156. The number of hydrogen-bond acceptors (Lipinski definition) is 4. The van der Waals surface area contributed by atoms with Gasteiger partial charge in [-0.25, -0.2) is 12.7 Å². The summed E-state index contributed by atoms with van der Waals surface area (Å²) in [5, 5.41) is 0. The first kappa shape index (κ1) is 18.8. The van der Waals surface area contributed by atoms with Crippen LogP contribution in [0.2, 0.25) is 0 Å². The van der Waals surface area contributed by atoms with Crippen molar-refractivity contribution in [3.63, 3.8) is 0 Å². The van der Waals surface area contributed by atoms with Crippen molar-refractivity contribution in [1.29, 1.82) is 0 Å². The van der Waals surface area contributed by atoms with Crippen LogP contribution in [-0.2, 0) is 22.9 Å². The van der Waals surface area contributed by atoms with Crippen molar-refractivity contribution in [2.45, 2.75) is 31.7 Å². The summed E-state index contributed by atoms with van der Waals surface area (Å²) in [6.45, 7) is 5.20. The number of benzene rings is 1. The average molecular weight is 366 g/mol. The summed E-state index contributed by atoms with van der Waals surface area (Å²) in [4.78, 5) is 5.06. The second kappa shape index (κ2) is 8.16. The van der Waals surface area contributed by atoms with Gasteiger partial charge in [-0.2, -0.15) is 0 Å². The van der Waals surface area contributed by atoms with Gasteiger partial charge in [0.15, 0.2) is 0 Å². The Balaban J connectivity index is 1.42. The van der Waals surface area contributed by atoms with E-state index in [9.17, 15) is 8.42 Å². The Kier molecular flexibility index (Phi) is 6.15. The summed E-state index contributed by atoms with van der Waals surface area (Å²) >= 11 is 0. The standard InChI is InChI=1S/C19H31N3O2S/c1-20(2)25(23,24)15-5-10-21-11-13-22(14-12-21)19-9-8-17-6-3-4-7-18(17)16-19/h3-4,6-7,19H,5,8-16H2,1-2H3. The van der Waals surface area contributed by atoms with Gasteiger partial charge >= 0.3 is 0 Å². The lowest BCUT2D eigenvalue weighted by molar-refractivity contribution is 0.0897. The second-order valence-corrected chi connectivity index (χ2v) is 9.80. The van der Waals surface area contributed by atoms with Crippen LogP contribution in [-0.4, -0.2) is 81.1 Å². The van der Waals surface area contributed by atoms with Gasteiger partial charge in [-0.1, -0.05) is 24.3 Å². The van der Waals surface area contributed by atoms with Crippen molar-refractivity contribution in [1.82, 2.24) is 14.1 Å². The van der Waals surface area contributed by atoms with Crippen molar-refractivity contribution >= 4 is 10.0 Å². The predicted octanol–water partition coefficient (Wildman–Crippen LogP) is 1.44. The van der Waals surface area contributed by atoms with Gasteiger partial charge in [0.25, 0.3) is 0 Å². The molecule has 1 aliphatic heterocycles. The molecule has 25 heavy (non-hydrogen) atoms.